The first-order valence-electron chi connectivity index (χ1n) is 11.1. The van der Waals surface area contributed by atoms with Gasteiger partial charge in [-0.1, -0.05) is 31.2 Å². The first-order chi connectivity index (χ1) is 14.8. The molecule has 0 saturated carbocycles. The van der Waals surface area contributed by atoms with Crippen molar-refractivity contribution in [2.24, 2.45) is 17.1 Å². The number of amides is 3. The number of carbonyl (C=O) groups excluding carboxylic acids is 3. The number of rotatable bonds is 5. The summed E-state index contributed by atoms with van der Waals surface area (Å²) in [5.74, 6) is -0.847. The number of carbonyl (C=O) groups is 3. The van der Waals surface area contributed by atoms with Crippen LogP contribution in [0.4, 0.5) is 0 Å². The van der Waals surface area contributed by atoms with Gasteiger partial charge in [0.2, 0.25) is 17.7 Å². The normalized spacial score (nSPS) is 32.7. The Morgan fingerprint density at radius 1 is 1.26 bits per heavy atom. The summed E-state index contributed by atoms with van der Waals surface area (Å²) < 4.78 is 6.04. The van der Waals surface area contributed by atoms with E-state index in [4.69, 9.17) is 10.5 Å². The molecule has 1 aliphatic carbocycles. The summed E-state index contributed by atoms with van der Waals surface area (Å²) in [7, 11) is 1.67. The second-order valence-electron chi connectivity index (χ2n) is 9.23. The number of benzene rings is 1. The number of likely N-dealkylation sites (N-methyl/N-ethyl adjacent to an activating group) is 1. The lowest BCUT2D eigenvalue weighted by atomic mass is 9.64. The molecule has 2 heterocycles. The molecule has 1 aromatic carbocycles. The van der Waals surface area contributed by atoms with Crippen LogP contribution < -0.4 is 16.4 Å². The van der Waals surface area contributed by atoms with Crippen LogP contribution in [0.3, 0.4) is 0 Å². The highest BCUT2D eigenvalue weighted by molar-refractivity contribution is 5.93. The number of aryl methyl sites for hydroxylation is 1. The summed E-state index contributed by atoms with van der Waals surface area (Å²) in [6, 6.07) is 6.92. The predicted octanol–water partition coefficient (Wildman–Crippen LogP) is 0.335. The van der Waals surface area contributed by atoms with Gasteiger partial charge in [0, 0.05) is 18.3 Å². The van der Waals surface area contributed by atoms with E-state index in [1.807, 2.05) is 6.07 Å². The van der Waals surface area contributed by atoms with Crippen molar-refractivity contribution in [2.45, 2.75) is 57.3 Å². The molecule has 3 amide bonds. The Hall–Kier alpha value is -2.45. The zero-order valence-corrected chi connectivity index (χ0v) is 18.2. The van der Waals surface area contributed by atoms with Crippen LogP contribution in [-0.4, -0.2) is 61.1 Å². The molecule has 4 rings (SSSR count). The SMILES string of the molecule is CNCC(=O)N[C@H]1CCO[C@H]2CC(C)(C3CCc4ccccc4C3)[C@@H](C(N)=O)N2C1=O. The first-order valence-corrected chi connectivity index (χ1v) is 11.1. The Morgan fingerprint density at radius 3 is 2.71 bits per heavy atom. The van der Waals surface area contributed by atoms with Crippen LogP contribution in [-0.2, 0) is 32.0 Å². The number of nitrogens with two attached hydrogens (primary N) is 1. The predicted molar refractivity (Wildman–Crippen MR) is 115 cm³/mol. The molecular weight excluding hydrogens is 396 g/mol. The van der Waals surface area contributed by atoms with Gasteiger partial charge in [0.15, 0.2) is 0 Å². The zero-order valence-electron chi connectivity index (χ0n) is 18.2. The third-order valence-electron chi connectivity index (χ3n) is 7.32. The Labute approximate surface area is 182 Å². The Morgan fingerprint density at radius 2 is 2.00 bits per heavy atom. The van der Waals surface area contributed by atoms with E-state index >= 15 is 0 Å². The zero-order chi connectivity index (χ0) is 22.2. The maximum Gasteiger partial charge on any atom is 0.247 e. The van der Waals surface area contributed by atoms with E-state index < -0.39 is 29.6 Å². The molecule has 1 aromatic rings. The van der Waals surface area contributed by atoms with Crippen LogP contribution in [0, 0.1) is 11.3 Å². The molecule has 0 aromatic heterocycles. The minimum absolute atomic E-state index is 0.118. The van der Waals surface area contributed by atoms with Gasteiger partial charge in [-0.25, -0.2) is 0 Å². The van der Waals surface area contributed by atoms with Crippen LogP contribution in [0.5, 0.6) is 0 Å². The first kappa shape index (κ1) is 21.8. The average molecular weight is 429 g/mol. The van der Waals surface area contributed by atoms with Crippen LogP contribution in [0.25, 0.3) is 0 Å². The summed E-state index contributed by atoms with van der Waals surface area (Å²) in [4.78, 5) is 39.8. The summed E-state index contributed by atoms with van der Waals surface area (Å²) in [5, 5.41) is 5.56. The number of hydrogen-bond acceptors (Lipinski definition) is 5. The maximum atomic E-state index is 13.5. The van der Waals surface area contributed by atoms with Gasteiger partial charge in [-0.3, -0.25) is 14.4 Å². The molecule has 8 heteroatoms. The van der Waals surface area contributed by atoms with Gasteiger partial charge >= 0.3 is 0 Å². The summed E-state index contributed by atoms with van der Waals surface area (Å²) >= 11 is 0. The number of hydrogen-bond donors (Lipinski definition) is 3. The van der Waals surface area contributed by atoms with Crippen molar-refractivity contribution in [3.8, 4) is 0 Å². The second-order valence-corrected chi connectivity index (χ2v) is 9.23. The van der Waals surface area contributed by atoms with Crippen molar-refractivity contribution >= 4 is 17.7 Å². The number of ether oxygens (including phenoxy) is 1. The van der Waals surface area contributed by atoms with E-state index in [2.05, 4.69) is 35.8 Å². The molecule has 2 saturated heterocycles. The van der Waals surface area contributed by atoms with Crippen LogP contribution in [0.15, 0.2) is 24.3 Å². The standard InChI is InChI=1S/C23H32N4O4/c1-23(16-8-7-14-5-3-4-6-15(14)11-16)12-19-27(20(23)21(24)29)22(30)17(9-10-31-19)26-18(28)13-25-2/h3-6,16-17,19-20,25H,7-13H2,1-2H3,(H2,24,29)(H,26,28)/t16?,17-,19-,20+,23?/m0/s1. The fourth-order valence-corrected chi connectivity index (χ4v) is 5.76. The third kappa shape index (κ3) is 3.94. The molecule has 0 spiro atoms. The minimum atomic E-state index is -0.762. The number of fused-ring (bicyclic) bond motifs is 2. The number of primary amides is 1. The maximum absolute atomic E-state index is 13.5. The van der Waals surface area contributed by atoms with Gasteiger partial charge in [0.1, 0.15) is 18.3 Å². The summed E-state index contributed by atoms with van der Waals surface area (Å²) in [6.07, 6.45) is 3.18. The van der Waals surface area contributed by atoms with E-state index in [0.717, 1.165) is 19.3 Å². The number of nitrogens with one attached hydrogen (secondary N) is 2. The third-order valence-corrected chi connectivity index (χ3v) is 7.32. The summed E-state index contributed by atoms with van der Waals surface area (Å²) in [6.45, 7) is 2.53. The van der Waals surface area contributed by atoms with Crippen LogP contribution >= 0.6 is 0 Å². The van der Waals surface area contributed by atoms with Crippen molar-refractivity contribution in [2.75, 3.05) is 20.2 Å². The lowest BCUT2D eigenvalue weighted by Gasteiger charge is -2.41. The van der Waals surface area contributed by atoms with E-state index in [-0.39, 0.29) is 24.3 Å². The van der Waals surface area contributed by atoms with Gasteiger partial charge in [0.05, 0.1) is 13.2 Å². The van der Waals surface area contributed by atoms with Gasteiger partial charge in [-0.15, -0.1) is 0 Å². The fourth-order valence-electron chi connectivity index (χ4n) is 5.76. The molecule has 5 atom stereocenters. The van der Waals surface area contributed by atoms with Crippen LogP contribution in [0.2, 0.25) is 0 Å². The Bertz CT molecular complexity index is 875. The van der Waals surface area contributed by atoms with Crippen molar-refractivity contribution in [3.05, 3.63) is 35.4 Å². The van der Waals surface area contributed by atoms with Gasteiger partial charge in [-0.2, -0.15) is 0 Å². The van der Waals surface area contributed by atoms with Gasteiger partial charge < -0.3 is 26.0 Å². The molecule has 2 fully saturated rings. The molecule has 8 nitrogen and oxygen atoms in total. The monoisotopic (exact) mass is 428 g/mol. The lowest BCUT2D eigenvalue weighted by molar-refractivity contribution is -0.149. The van der Waals surface area contributed by atoms with E-state index in [0.29, 0.717) is 19.4 Å². The van der Waals surface area contributed by atoms with E-state index in [1.165, 1.54) is 16.0 Å². The highest BCUT2D eigenvalue weighted by Crippen LogP contribution is 2.51. The average Bonchev–Trinajstić information content (AvgIpc) is 2.98. The van der Waals surface area contributed by atoms with E-state index in [1.54, 1.807) is 7.05 Å². The Kier molecular flexibility index (Phi) is 6.03. The molecule has 0 bridgehead atoms. The number of nitrogens with zero attached hydrogens (tertiary/aromatic N) is 1. The lowest BCUT2D eigenvalue weighted by Crippen LogP contribution is -2.58. The molecule has 2 unspecified atom stereocenters. The van der Waals surface area contributed by atoms with Crippen molar-refractivity contribution in [1.82, 2.24) is 15.5 Å². The second kappa shape index (κ2) is 8.59. The molecule has 168 valence electrons. The highest BCUT2D eigenvalue weighted by atomic mass is 16.5. The molecule has 4 N–H and O–H groups in total. The quantitative estimate of drug-likeness (QED) is 0.626. The van der Waals surface area contributed by atoms with Crippen molar-refractivity contribution < 1.29 is 19.1 Å². The molecule has 2 aliphatic heterocycles. The Balaban J connectivity index is 1.61. The minimum Gasteiger partial charge on any atom is -0.368 e. The van der Waals surface area contributed by atoms with Crippen LogP contribution in [0.1, 0.15) is 37.3 Å². The molecule has 0 radical (unpaired) electrons. The largest absolute Gasteiger partial charge is 0.368 e. The summed E-state index contributed by atoms with van der Waals surface area (Å²) in [5.41, 5.74) is 8.07. The smallest absolute Gasteiger partial charge is 0.247 e. The highest BCUT2D eigenvalue weighted by Gasteiger charge is 2.59. The van der Waals surface area contributed by atoms with Crippen molar-refractivity contribution in [3.63, 3.8) is 0 Å². The molecular formula is C23H32N4O4. The molecule has 3 aliphatic rings. The molecule has 31 heavy (non-hydrogen) atoms. The van der Waals surface area contributed by atoms with Gasteiger partial charge in [-0.05, 0) is 43.4 Å². The van der Waals surface area contributed by atoms with Gasteiger partial charge in [0.25, 0.3) is 0 Å². The van der Waals surface area contributed by atoms with E-state index in [9.17, 15) is 14.4 Å². The fraction of sp³-hybridized carbons (Fsp3) is 0.609. The topological polar surface area (TPSA) is 114 Å². The van der Waals surface area contributed by atoms with Crippen molar-refractivity contribution in [1.29, 1.82) is 0 Å².